The summed E-state index contributed by atoms with van der Waals surface area (Å²) in [6, 6.07) is 1.25. The average Bonchev–Trinajstić information content (AvgIpc) is 2.04. The largest absolute Gasteiger partial charge is 0.347 e. The number of hydrogen-bond acceptors (Lipinski definition) is 3. The summed E-state index contributed by atoms with van der Waals surface area (Å²) in [6.07, 6.45) is 1.30. The van der Waals surface area contributed by atoms with Crippen molar-refractivity contribution in [1.82, 2.24) is 9.66 Å². The third-order valence-corrected chi connectivity index (χ3v) is 1.41. The summed E-state index contributed by atoms with van der Waals surface area (Å²) in [5.41, 5.74) is 1.67. The van der Waals surface area contributed by atoms with Crippen molar-refractivity contribution >= 4 is 11.6 Å². The van der Waals surface area contributed by atoms with Crippen LogP contribution in [0.5, 0.6) is 0 Å². The number of rotatable bonds is 3. The summed E-state index contributed by atoms with van der Waals surface area (Å²) in [5.74, 6) is 0.334. The Balaban J connectivity index is 2.97. The predicted molar refractivity (Wildman–Crippen MR) is 46.3 cm³/mol. The fourth-order valence-electron chi connectivity index (χ4n) is 0.727. The molecule has 0 radical (unpaired) electrons. The van der Waals surface area contributed by atoms with Crippen molar-refractivity contribution in [3.05, 3.63) is 33.1 Å². The molecule has 0 fully saturated rings. The monoisotopic (exact) mass is 189 g/mol. The van der Waals surface area contributed by atoms with Crippen LogP contribution in [-0.4, -0.2) is 22.1 Å². The van der Waals surface area contributed by atoms with Crippen LogP contribution in [0.25, 0.3) is 0 Å². The maximum Gasteiger partial charge on any atom is 0.347 e. The van der Waals surface area contributed by atoms with E-state index in [1.165, 1.54) is 12.3 Å². The molecule has 12 heavy (non-hydrogen) atoms. The van der Waals surface area contributed by atoms with Crippen LogP contribution in [0.2, 0.25) is 0 Å². The Morgan fingerprint density at radius 1 is 1.58 bits per heavy atom. The van der Waals surface area contributed by atoms with Gasteiger partial charge in [0.1, 0.15) is 0 Å². The van der Waals surface area contributed by atoms with E-state index < -0.39 is 11.2 Å². The molecule has 1 heterocycles. The Morgan fingerprint density at radius 2 is 2.33 bits per heavy atom. The second kappa shape index (κ2) is 3.96. The summed E-state index contributed by atoms with van der Waals surface area (Å²) < 4.78 is 0.877. The van der Waals surface area contributed by atoms with E-state index in [4.69, 9.17) is 11.6 Å². The molecular formula is C6H8ClN3O2. The molecule has 0 aromatic carbocycles. The summed E-state index contributed by atoms with van der Waals surface area (Å²) in [4.78, 5) is 24.3. The normalized spacial score (nSPS) is 9.75. The fourth-order valence-corrected chi connectivity index (χ4v) is 0.812. The van der Waals surface area contributed by atoms with Crippen molar-refractivity contribution in [2.75, 3.05) is 17.9 Å². The molecule has 0 aliphatic heterocycles. The first kappa shape index (κ1) is 8.86. The fraction of sp³-hybridized carbons (Fsp3) is 0.333. The number of nitrogens with one attached hydrogen (secondary N) is 2. The van der Waals surface area contributed by atoms with Crippen molar-refractivity contribution in [2.45, 2.75) is 0 Å². The molecule has 0 bridgehead atoms. The molecule has 5 nitrogen and oxygen atoms in total. The molecule has 1 rings (SSSR count). The van der Waals surface area contributed by atoms with E-state index in [0.717, 1.165) is 4.68 Å². The zero-order valence-corrected chi connectivity index (χ0v) is 6.97. The smallest absolute Gasteiger partial charge is 0.318 e. The van der Waals surface area contributed by atoms with Crippen LogP contribution >= 0.6 is 11.6 Å². The molecule has 1 aromatic rings. The second-order valence-electron chi connectivity index (χ2n) is 2.05. The molecule has 6 heteroatoms. The highest BCUT2D eigenvalue weighted by Crippen LogP contribution is 1.70. The van der Waals surface area contributed by atoms with Crippen molar-refractivity contribution in [2.24, 2.45) is 0 Å². The van der Waals surface area contributed by atoms with Gasteiger partial charge in [0.15, 0.2) is 0 Å². The van der Waals surface area contributed by atoms with E-state index in [0.29, 0.717) is 12.4 Å². The van der Waals surface area contributed by atoms with Crippen molar-refractivity contribution in [3.63, 3.8) is 0 Å². The first-order chi connectivity index (χ1) is 5.75. The quantitative estimate of drug-likeness (QED) is 0.620. The van der Waals surface area contributed by atoms with Gasteiger partial charge in [0.2, 0.25) is 0 Å². The zero-order valence-electron chi connectivity index (χ0n) is 6.21. The number of H-pyrrole nitrogens is 1. The standard InChI is InChI=1S/C6H8ClN3O2/c7-2-4-9-10-5(11)1-3-8-6(10)12/h1,3,9H,2,4H2,(H,8,12). The SMILES string of the molecule is O=c1cc[nH]c(=O)n1NCCCl. The van der Waals surface area contributed by atoms with Gasteiger partial charge < -0.3 is 10.4 Å². The van der Waals surface area contributed by atoms with Crippen LogP contribution in [0, 0.1) is 0 Å². The number of aromatic amines is 1. The molecule has 0 aliphatic carbocycles. The minimum Gasteiger partial charge on any atom is -0.318 e. The zero-order chi connectivity index (χ0) is 8.97. The minimum atomic E-state index is -0.493. The lowest BCUT2D eigenvalue weighted by Crippen LogP contribution is -2.41. The lowest BCUT2D eigenvalue weighted by Gasteiger charge is -2.03. The van der Waals surface area contributed by atoms with E-state index in [9.17, 15) is 9.59 Å². The van der Waals surface area contributed by atoms with Gasteiger partial charge in [-0.25, -0.2) is 4.79 Å². The van der Waals surface area contributed by atoms with E-state index in [1.807, 2.05) is 0 Å². The van der Waals surface area contributed by atoms with Crippen LogP contribution in [-0.2, 0) is 0 Å². The van der Waals surface area contributed by atoms with Crippen LogP contribution in [0.1, 0.15) is 0 Å². The molecule has 0 saturated carbocycles. The summed E-state index contributed by atoms with van der Waals surface area (Å²) in [6.45, 7) is 0.370. The van der Waals surface area contributed by atoms with Gasteiger partial charge in [0.05, 0.1) is 0 Å². The summed E-state index contributed by atoms with van der Waals surface area (Å²) >= 11 is 5.37. The van der Waals surface area contributed by atoms with E-state index in [-0.39, 0.29) is 0 Å². The molecule has 2 N–H and O–H groups in total. The van der Waals surface area contributed by atoms with Gasteiger partial charge >= 0.3 is 5.69 Å². The first-order valence-electron chi connectivity index (χ1n) is 3.36. The summed E-state index contributed by atoms with van der Waals surface area (Å²) in [7, 11) is 0. The molecular weight excluding hydrogens is 182 g/mol. The highest BCUT2D eigenvalue weighted by molar-refractivity contribution is 6.18. The molecule has 0 saturated heterocycles. The Morgan fingerprint density at radius 3 is 2.92 bits per heavy atom. The van der Waals surface area contributed by atoms with Gasteiger partial charge in [0.25, 0.3) is 5.56 Å². The Labute approximate surface area is 73.0 Å². The molecule has 1 aromatic heterocycles. The predicted octanol–water partition coefficient (Wildman–Crippen LogP) is -0.681. The molecule has 0 aliphatic rings. The maximum absolute atomic E-state index is 11.0. The van der Waals surface area contributed by atoms with Crippen molar-refractivity contribution in [1.29, 1.82) is 0 Å². The van der Waals surface area contributed by atoms with Crippen LogP contribution in [0.15, 0.2) is 21.9 Å². The van der Waals surface area contributed by atoms with Crippen LogP contribution in [0.3, 0.4) is 0 Å². The number of nitrogens with zero attached hydrogens (tertiary/aromatic N) is 1. The van der Waals surface area contributed by atoms with Crippen molar-refractivity contribution < 1.29 is 0 Å². The Kier molecular flexibility index (Phi) is 2.93. The van der Waals surface area contributed by atoms with Gasteiger partial charge in [-0.15, -0.1) is 11.6 Å². The second-order valence-corrected chi connectivity index (χ2v) is 2.43. The lowest BCUT2D eigenvalue weighted by molar-refractivity contribution is 0.757. The third kappa shape index (κ3) is 1.88. The third-order valence-electron chi connectivity index (χ3n) is 1.22. The Hall–Kier alpha value is -1.23. The number of halogens is 1. The highest BCUT2D eigenvalue weighted by atomic mass is 35.5. The molecule has 0 spiro atoms. The van der Waals surface area contributed by atoms with Gasteiger partial charge in [-0.2, -0.15) is 4.68 Å². The van der Waals surface area contributed by atoms with E-state index in [2.05, 4.69) is 10.4 Å². The molecule has 0 unspecified atom stereocenters. The summed E-state index contributed by atoms with van der Waals surface area (Å²) in [5, 5.41) is 0. The van der Waals surface area contributed by atoms with E-state index in [1.54, 1.807) is 0 Å². The molecule has 0 atom stereocenters. The lowest BCUT2D eigenvalue weighted by atomic mass is 10.6. The Bertz CT molecular complexity index is 328. The van der Waals surface area contributed by atoms with Crippen LogP contribution < -0.4 is 16.7 Å². The number of alkyl halides is 1. The average molecular weight is 190 g/mol. The molecule has 0 amide bonds. The van der Waals surface area contributed by atoms with Gasteiger partial charge in [-0.05, 0) is 0 Å². The topological polar surface area (TPSA) is 66.9 Å². The van der Waals surface area contributed by atoms with Crippen molar-refractivity contribution in [3.8, 4) is 0 Å². The molecule has 66 valence electrons. The number of hydrogen-bond donors (Lipinski definition) is 2. The maximum atomic E-state index is 11.0. The highest BCUT2D eigenvalue weighted by Gasteiger charge is 1.96. The van der Waals surface area contributed by atoms with Crippen LogP contribution in [0.4, 0.5) is 0 Å². The minimum absolute atomic E-state index is 0.334. The van der Waals surface area contributed by atoms with E-state index >= 15 is 0 Å². The number of aromatic nitrogens is 2. The van der Waals surface area contributed by atoms with Gasteiger partial charge in [-0.1, -0.05) is 0 Å². The van der Waals surface area contributed by atoms with Gasteiger partial charge in [-0.3, -0.25) is 4.79 Å². The van der Waals surface area contributed by atoms with Gasteiger partial charge in [0, 0.05) is 24.7 Å². The first-order valence-corrected chi connectivity index (χ1v) is 3.90.